The number of nitrogens with two attached hydrogens (primary N) is 1. The lowest BCUT2D eigenvalue weighted by atomic mass is 10.1. The number of rotatable bonds is 2. The highest BCUT2D eigenvalue weighted by Gasteiger charge is 2.04. The van der Waals surface area contributed by atoms with Crippen molar-refractivity contribution in [2.45, 2.75) is 6.92 Å². The molecule has 0 saturated carbocycles. The topological polar surface area (TPSA) is 50.4 Å². The Morgan fingerprint density at radius 3 is 2.60 bits per heavy atom. The summed E-state index contributed by atoms with van der Waals surface area (Å²) < 4.78 is 25.4. The minimum absolute atomic E-state index is 0.0110. The first-order valence-electron chi connectivity index (χ1n) is 4.06. The first-order chi connectivity index (χ1) is 7.00. The maximum atomic E-state index is 12.8. The van der Waals surface area contributed by atoms with Gasteiger partial charge >= 0.3 is 0 Å². The Balaban J connectivity index is 2.91. The first-order valence-corrected chi connectivity index (χ1v) is 4.46. The standard InChI is InChI=1S/C9H9F2N3S/c1-5(13-14-9(12)15)6-2-3-7(10)8(11)4-6/h2-4H,1H3,(H3,12,14,15)/b13-5+. The number of benzene rings is 1. The number of nitrogens with zero attached hydrogens (tertiary/aromatic N) is 1. The molecule has 0 atom stereocenters. The maximum Gasteiger partial charge on any atom is 0.184 e. The molecule has 0 aliphatic heterocycles. The molecule has 0 heterocycles. The molecule has 0 spiro atoms. The molecule has 3 nitrogen and oxygen atoms in total. The fourth-order valence-corrected chi connectivity index (χ4v) is 0.970. The van der Waals surface area contributed by atoms with Gasteiger partial charge in [-0.3, -0.25) is 5.43 Å². The molecule has 1 aromatic carbocycles. The Bertz CT molecular complexity index is 418. The lowest BCUT2D eigenvalue weighted by Gasteiger charge is -2.02. The average molecular weight is 229 g/mol. The van der Waals surface area contributed by atoms with Crippen molar-refractivity contribution < 1.29 is 8.78 Å². The van der Waals surface area contributed by atoms with Crippen LogP contribution in [0.2, 0.25) is 0 Å². The minimum atomic E-state index is -0.919. The van der Waals surface area contributed by atoms with Crippen LogP contribution in [0.3, 0.4) is 0 Å². The number of nitrogens with one attached hydrogen (secondary N) is 1. The highest BCUT2D eigenvalue weighted by atomic mass is 32.1. The number of hydrazone groups is 1. The molecule has 0 aromatic heterocycles. The predicted molar refractivity (Wildman–Crippen MR) is 58.5 cm³/mol. The molecular weight excluding hydrogens is 220 g/mol. The van der Waals surface area contributed by atoms with E-state index in [1.165, 1.54) is 6.07 Å². The van der Waals surface area contributed by atoms with Crippen molar-refractivity contribution in [3.05, 3.63) is 35.4 Å². The normalized spacial score (nSPS) is 11.3. The van der Waals surface area contributed by atoms with Crippen LogP contribution in [-0.2, 0) is 0 Å². The largest absolute Gasteiger partial charge is 0.375 e. The van der Waals surface area contributed by atoms with Crippen LogP contribution in [-0.4, -0.2) is 10.8 Å². The van der Waals surface area contributed by atoms with E-state index in [-0.39, 0.29) is 5.11 Å². The maximum absolute atomic E-state index is 12.8. The second kappa shape index (κ2) is 4.79. The third-order valence-corrected chi connectivity index (χ3v) is 1.76. The Morgan fingerprint density at radius 1 is 1.40 bits per heavy atom. The van der Waals surface area contributed by atoms with E-state index in [0.717, 1.165) is 12.1 Å². The molecule has 0 amide bonds. The van der Waals surface area contributed by atoms with Crippen molar-refractivity contribution in [1.82, 2.24) is 5.43 Å². The van der Waals surface area contributed by atoms with Crippen LogP contribution in [0.1, 0.15) is 12.5 Å². The summed E-state index contributed by atoms with van der Waals surface area (Å²) in [7, 11) is 0. The highest BCUT2D eigenvalue weighted by Crippen LogP contribution is 2.09. The lowest BCUT2D eigenvalue weighted by molar-refractivity contribution is 0.508. The molecule has 1 aromatic rings. The van der Waals surface area contributed by atoms with Crippen molar-refractivity contribution in [3.63, 3.8) is 0 Å². The van der Waals surface area contributed by atoms with Gasteiger partial charge in [0.2, 0.25) is 0 Å². The number of thiocarbonyl (C=S) groups is 1. The molecule has 6 heteroatoms. The molecule has 3 N–H and O–H groups in total. The van der Waals surface area contributed by atoms with Gasteiger partial charge in [-0.25, -0.2) is 8.78 Å². The van der Waals surface area contributed by atoms with Crippen LogP contribution in [0.5, 0.6) is 0 Å². The van der Waals surface area contributed by atoms with E-state index in [2.05, 4.69) is 22.7 Å². The van der Waals surface area contributed by atoms with E-state index >= 15 is 0 Å². The Morgan fingerprint density at radius 2 is 2.07 bits per heavy atom. The SMILES string of the molecule is C/C(=N\NC(N)=S)c1ccc(F)c(F)c1. The van der Waals surface area contributed by atoms with Crippen LogP contribution in [0.4, 0.5) is 8.78 Å². The number of hydrogen-bond acceptors (Lipinski definition) is 2. The Kier molecular flexibility index (Phi) is 3.68. The zero-order chi connectivity index (χ0) is 11.4. The molecule has 0 saturated heterocycles. The first kappa shape index (κ1) is 11.5. The van der Waals surface area contributed by atoms with E-state index in [1.807, 2.05) is 0 Å². The molecule has 15 heavy (non-hydrogen) atoms. The van der Waals surface area contributed by atoms with Crippen LogP contribution in [0.25, 0.3) is 0 Å². The van der Waals surface area contributed by atoms with E-state index in [9.17, 15) is 8.78 Å². The predicted octanol–water partition coefficient (Wildman–Crippen LogP) is 1.52. The van der Waals surface area contributed by atoms with Gasteiger partial charge in [0.15, 0.2) is 16.7 Å². The molecule has 0 aliphatic carbocycles. The Labute approximate surface area is 91.0 Å². The second-order valence-corrected chi connectivity index (χ2v) is 3.24. The summed E-state index contributed by atoms with van der Waals surface area (Å²) in [5.41, 5.74) is 8.43. The van der Waals surface area contributed by atoms with E-state index in [1.54, 1.807) is 6.92 Å². The van der Waals surface area contributed by atoms with Gasteiger partial charge < -0.3 is 5.73 Å². The third-order valence-electron chi connectivity index (χ3n) is 1.67. The minimum Gasteiger partial charge on any atom is -0.375 e. The van der Waals surface area contributed by atoms with E-state index in [0.29, 0.717) is 11.3 Å². The molecule has 80 valence electrons. The lowest BCUT2D eigenvalue weighted by Crippen LogP contribution is -2.25. The van der Waals surface area contributed by atoms with Crippen molar-refractivity contribution in [2.24, 2.45) is 10.8 Å². The average Bonchev–Trinajstić information content (AvgIpc) is 2.18. The van der Waals surface area contributed by atoms with Crippen molar-refractivity contribution in [3.8, 4) is 0 Å². The molecular formula is C9H9F2N3S. The summed E-state index contributed by atoms with van der Waals surface area (Å²) in [6, 6.07) is 3.50. The fourth-order valence-electron chi connectivity index (χ4n) is 0.925. The van der Waals surface area contributed by atoms with Crippen LogP contribution in [0.15, 0.2) is 23.3 Å². The summed E-state index contributed by atoms with van der Waals surface area (Å²) in [6.45, 7) is 1.62. The Hall–Kier alpha value is -1.56. The van der Waals surface area contributed by atoms with Crippen LogP contribution in [0, 0.1) is 11.6 Å². The second-order valence-electron chi connectivity index (χ2n) is 2.80. The van der Waals surface area contributed by atoms with Crippen LogP contribution < -0.4 is 11.2 Å². The van der Waals surface area contributed by atoms with E-state index in [4.69, 9.17) is 5.73 Å². The van der Waals surface area contributed by atoms with Crippen LogP contribution >= 0.6 is 12.2 Å². The van der Waals surface area contributed by atoms with Crippen molar-refractivity contribution in [2.75, 3.05) is 0 Å². The molecule has 0 bridgehead atoms. The summed E-state index contributed by atoms with van der Waals surface area (Å²) in [6.07, 6.45) is 0. The number of halogens is 2. The smallest absolute Gasteiger partial charge is 0.184 e. The third kappa shape index (κ3) is 3.25. The van der Waals surface area contributed by atoms with Crippen molar-refractivity contribution >= 4 is 23.0 Å². The van der Waals surface area contributed by atoms with E-state index < -0.39 is 11.6 Å². The monoisotopic (exact) mass is 229 g/mol. The summed E-state index contributed by atoms with van der Waals surface area (Å²) in [4.78, 5) is 0. The zero-order valence-electron chi connectivity index (χ0n) is 7.92. The van der Waals surface area contributed by atoms with Gasteiger partial charge in [0, 0.05) is 5.56 Å². The zero-order valence-corrected chi connectivity index (χ0v) is 8.74. The quantitative estimate of drug-likeness (QED) is 0.459. The molecule has 0 unspecified atom stereocenters. The van der Waals surface area contributed by atoms with Gasteiger partial charge in [0.1, 0.15) is 0 Å². The van der Waals surface area contributed by atoms with Gasteiger partial charge in [-0.05, 0) is 37.3 Å². The highest BCUT2D eigenvalue weighted by molar-refractivity contribution is 7.80. The molecule has 0 fully saturated rings. The molecule has 0 aliphatic rings. The fraction of sp³-hybridized carbons (Fsp3) is 0.111. The van der Waals surface area contributed by atoms with Gasteiger partial charge in [-0.1, -0.05) is 0 Å². The van der Waals surface area contributed by atoms with Gasteiger partial charge in [-0.2, -0.15) is 5.10 Å². The van der Waals surface area contributed by atoms with Gasteiger partial charge in [0.25, 0.3) is 0 Å². The molecule has 1 rings (SSSR count). The summed E-state index contributed by atoms with van der Waals surface area (Å²) >= 11 is 4.54. The molecule has 0 radical (unpaired) electrons. The summed E-state index contributed by atoms with van der Waals surface area (Å²) in [5.74, 6) is -1.81. The van der Waals surface area contributed by atoms with Crippen molar-refractivity contribution in [1.29, 1.82) is 0 Å². The number of hydrogen-bond donors (Lipinski definition) is 2. The van der Waals surface area contributed by atoms with Gasteiger partial charge in [0.05, 0.1) is 5.71 Å². The summed E-state index contributed by atoms with van der Waals surface area (Å²) in [5, 5.41) is 3.79. The van der Waals surface area contributed by atoms with Gasteiger partial charge in [-0.15, -0.1) is 0 Å².